The van der Waals surface area contributed by atoms with E-state index in [9.17, 15) is 14.4 Å². The Hall–Kier alpha value is -2.90. The highest BCUT2D eigenvalue weighted by molar-refractivity contribution is 6.47. The zero-order valence-corrected chi connectivity index (χ0v) is 16.7. The lowest BCUT2D eigenvalue weighted by atomic mass is 9.98. The third-order valence-corrected chi connectivity index (χ3v) is 5.18. The second-order valence-electron chi connectivity index (χ2n) is 6.44. The fourth-order valence-corrected chi connectivity index (χ4v) is 3.78. The monoisotopic (exact) mass is 431 g/mol. The maximum absolute atomic E-state index is 13.3. The Labute approximate surface area is 176 Å². The van der Waals surface area contributed by atoms with Crippen LogP contribution >= 0.6 is 23.2 Å². The summed E-state index contributed by atoms with van der Waals surface area (Å²) >= 11 is 12.0. The second kappa shape index (κ2) is 7.50. The molecule has 2 amide bonds. The van der Waals surface area contributed by atoms with E-state index in [1.54, 1.807) is 49.4 Å². The molecule has 0 aromatic heterocycles. The van der Waals surface area contributed by atoms with Crippen molar-refractivity contribution in [2.24, 2.45) is 11.0 Å². The topological polar surface area (TPSA) is 79.3 Å². The van der Waals surface area contributed by atoms with E-state index in [1.807, 2.05) is 0 Å². The number of hydrazone groups is 1. The molecule has 7 nitrogen and oxygen atoms in total. The summed E-state index contributed by atoms with van der Waals surface area (Å²) in [6.45, 7) is 1.78. The molecule has 0 aliphatic carbocycles. The minimum Gasteiger partial charge on any atom is -0.461 e. The number of hydrogen-bond acceptors (Lipinski definition) is 6. The number of rotatable bonds is 4. The molecule has 2 aliphatic heterocycles. The Balaban J connectivity index is 1.79. The SMILES string of the molecule is CCOC(=O)C1=NN(c2ccc(Cl)cc2)[C@@H]2C(=O)N(c3cccc(Cl)c3)C(=O)[C@H]12. The number of fused-ring (bicyclic) bond motifs is 1. The number of ether oxygens (including phenoxy) is 1. The highest BCUT2D eigenvalue weighted by Crippen LogP contribution is 2.38. The summed E-state index contributed by atoms with van der Waals surface area (Å²) in [7, 11) is 0. The number of imide groups is 1. The minimum absolute atomic E-state index is 0.102. The molecule has 4 rings (SSSR count). The van der Waals surface area contributed by atoms with Crippen LogP contribution in [0.2, 0.25) is 10.0 Å². The molecule has 0 N–H and O–H groups in total. The molecule has 9 heteroatoms. The van der Waals surface area contributed by atoms with Gasteiger partial charge in [0.05, 0.1) is 18.0 Å². The van der Waals surface area contributed by atoms with Crippen LogP contribution in [0.4, 0.5) is 11.4 Å². The predicted molar refractivity (Wildman–Crippen MR) is 109 cm³/mol. The quantitative estimate of drug-likeness (QED) is 0.547. The lowest BCUT2D eigenvalue weighted by Gasteiger charge is -2.22. The molecular weight excluding hydrogens is 417 g/mol. The largest absolute Gasteiger partial charge is 0.461 e. The van der Waals surface area contributed by atoms with Crippen molar-refractivity contribution in [3.63, 3.8) is 0 Å². The van der Waals surface area contributed by atoms with Crippen LogP contribution in [0.15, 0.2) is 53.6 Å². The first-order valence-electron chi connectivity index (χ1n) is 8.86. The number of amides is 2. The van der Waals surface area contributed by atoms with Crippen LogP contribution in [0.25, 0.3) is 0 Å². The van der Waals surface area contributed by atoms with Crippen LogP contribution < -0.4 is 9.91 Å². The van der Waals surface area contributed by atoms with Crippen LogP contribution in [0.3, 0.4) is 0 Å². The zero-order chi connectivity index (χ0) is 20.7. The molecule has 1 saturated heterocycles. The van der Waals surface area contributed by atoms with Gasteiger partial charge in [0, 0.05) is 10.0 Å². The lowest BCUT2D eigenvalue weighted by Crippen LogP contribution is -2.39. The summed E-state index contributed by atoms with van der Waals surface area (Å²) in [5.41, 5.74) is 0.758. The molecule has 2 aromatic rings. The highest BCUT2D eigenvalue weighted by atomic mass is 35.5. The van der Waals surface area contributed by atoms with Gasteiger partial charge < -0.3 is 4.74 Å². The van der Waals surface area contributed by atoms with E-state index in [1.165, 1.54) is 11.1 Å². The average molecular weight is 432 g/mol. The molecule has 1 fully saturated rings. The first kappa shape index (κ1) is 19.4. The van der Waals surface area contributed by atoms with Crippen LogP contribution in [0.1, 0.15) is 6.92 Å². The normalized spacial score (nSPS) is 20.7. The molecule has 2 heterocycles. The van der Waals surface area contributed by atoms with Crippen molar-refractivity contribution in [3.8, 4) is 0 Å². The van der Waals surface area contributed by atoms with Gasteiger partial charge in [-0.2, -0.15) is 5.10 Å². The van der Waals surface area contributed by atoms with Crippen molar-refractivity contribution in [3.05, 3.63) is 58.6 Å². The number of benzene rings is 2. The summed E-state index contributed by atoms with van der Waals surface area (Å²) in [6.07, 6.45) is 0. The number of halogens is 2. The van der Waals surface area contributed by atoms with Crippen LogP contribution in [-0.4, -0.2) is 36.1 Å². The van der Waals surface area contributed by atoms with Gasteiger partial charge in [-0.25, -0.2) is 9.69 Å². The number of carbonyl (C=O) groups is 3. The van der Waals surface area contributed by atoms with Crippen molar-refractivity contribution in [2.45, 2.75) is 13.0 Å². The van der Waals surface area contributed by atoms with Gasteiger partial charge in [-0.1, -0.05) is 29.3 Å². The fourth-order valence-electron chi connectivity index (χ4n) is 3.47. The van der Waals surface area contributed by atoms with Gasteiger partial charge in [-0.15, -0.1) is 0 Å². The number of hydrogen-bond donors (Lipinski definition) is 0. The molecular formula is C20H15Cl2N3O4. The fraction of sp³-hybridized carbons (Fsp3) is 0.200. The van der Waals surface area contributed by atoms with E-state index in [4.69, 9.17) is 27.9 Å². The van der Waals surface area contributed by atoms with E-state index in [2.05, 4.69) is 5.10 Å². The molecule has 0 radical (unpaired) electrons. The van der Waals surface area contributed by atoms with Gasteiger partial charge in [0.2, 0.25) is 5.91 Å². The number of anilines is 2. The van der Waals surface area contributed by atoms with E-state index < -0.39 is 29.7 Å². The molecule has 2 aliphatic rings. The van der Waals surface area contributed by atoms with Crippen LogP contribution in [-0.2, 0) is 19.1 Å². The van der Waals surface area contributed by atoms with E-state index >= 15 is 0 Å². The Morgan fingerprint density at radius 1 is 1.03 bits per heavy atom. The molecule has 0 unspecified atom stereocenters. The summed E-state index contributed by atoms with van der Waals surface area (Å²) in [5.74, 6) is -2.85. The van der Waals surface area contributed by atoms with Gasteiger partial charge in [-0.05, 0) is 49.4 Å². The molecule has 0 spiro atoms. The van der Waals surface area contributed by atoms with Gasteiger partial charge in [0.1, 0.15) is 12.0 Å². The maximum Gasteiger partial charge on any atom is 0.355 e. The van der Waals surface area contributed by atoms with Crippen molar-refractivity contribution in [1.82, 2.24) is 0 Å². The molecule has 2 atom stereocenters. The summed E-state index contributed by atoms with van der Waals surface area (Å²) in [4.78, 5) is 39.9. The van der Waals surface area contributed by atoms with Gasteiger partial charge in [0.15, 0.2) is 5.71 Å². The third-order valence-electron chi connectivity index (χ3n) is 4.69. The average Bonchev–Trinajstić information content (AvgIpc) is 3.20. The number of carbonyl (C=O) groups excluding carboxylic acids is 3. The molecule has 2 aromatic carbocycles. The lowest BCUT2D eigenvalue weighted by molar-refractivity contribution is -0.136. The van der Waals surface area contributed by atoms with Crippen molar-refractivity contribution >= 4 is 58.1 Å². The minimum atomic E-state index is -1.07. The summed E-state index contributed by atoms with van der Waals surface area (Å²) < 4.78 is 5.06. The first-order chi connectivity index (χ1) is 13.9. The van der Waals surface area contributed by atoms with E-state index in [0.29, 0.717) is 21.4 Å². The molecule has 0 bridgehead atoms. The van der Waals surface area contributed by atoms with Gasteiger partial charge in [-0.3, -0.25) is 14.6 Å². The van der Waals surface area contributed by atoms with E-state index in [-0.39, 0.29) is 12.3 Å². The Morgan fingerprint density at radius 3 is 2.41 bits per heavy atom. The van der Waals surface area contributed by atoms with Crippen molar-refractivity contribution in [2.75, 3.05) is 16.5 Å². The molecule has 0 saturated carbocycles. The Morgan fingerprint density at radius 2 is 1.76 bits per heavy atom. The third kappa shape index (κ3) is 3.26. The number of nitrogens with zero attached hydrogens (tertiary/aromatic N) is 3. The smallest absolute Gasteiger partial charge is 0.355 e. The predicted octanol–water partition coefficient (Wildman–Crippen LogP) is 3.29. The van der Waals surface area contributed by atoms with Gasteiger partial charge in [0.25, 0.3) is 5.91 Å². The summed E-state index contributed by atoms with van der Waals surface area (Å²) in [6, 6.07) is 12.0. The second-order valence-corrected chi connectivity index (χ2v) is 7.31. The highest BCUT2D eigenvalue weighted by Gasteiger charge is 2.59. The van der Waals surface area contributed by atoms with Gasteiger partial charge >= 0.3 is 5.97 Å². The van der Waals surface area contributed by atoms with Crippen LogP contribution in [0.5, 0.6) is 0 Å². The standard InChI is InChI=1S/C20H15Cl2N3O4/c1-2-29-20(28)16-15-17(25(23-16)13-8-6-11(21)7-9-13)19(27)24(18(15)26)14-5-3-4-12(22)10-14/h3-10,15,17H,2H2,1H3/t15-,17+/m1/s1. The molecule has 29 heavy (non-hydrogen) atoms. The Bertz CT molecular complexity index is 1040. The van der Waals surface area contributed by atoms with E-state index in [0.717, 1.165) is 4.90 Å². The summed E-state index contributed by atoms with van der Waals surface area (Å²) in [5, 5.41) is 6.54. The van der Waals surface area contributed by atoms with Crippen LogP contribution in [0, 0.1) is 5.92 Å². The molecule has 148 valence electrons. The zero-order valence-electron chi connectivity index (χ0n) is 15.2. The maximum atomic E-state index is 13.3. The Kier molecular flexibility index (Phi) is 5.02. The first-order valence-corrected chi connectivity index (χ1v) is 9.61. The van der Waals surface area contributed by atoms with Crippen molar-refractivity contribution in [1.29, 1.82) is 0 Å². The number of esters is 1. The van der Waals surface area contributed by atoms with Crippen molar-refractivity contribution < 1.29 is 19.1 Å².